The molecule has 0 aliphatic carbocycles. The van der Waals surface area contributed by atoms with E-state index in [0.29, 0.717) is 10.7 Å². The minimum absolute atomic E-state index is 0.155. The van der Waals surface area contributed by atoms with E-state index in [2.05, 4.69) is 20.3 Å². The lowest BCUT2D eigenvalue weighted by molar-refractivity contribution is -0.113. The molecule has 0 radical (unpaired) electrons. The largest absolute Gasteiger partial charge is 0.357 e. The van der Waals surface area contributed by atoms with Gasteiger partial charge in [-0.25, -0.2) is 14.4 Å². The minimum Gasteiger partial charge on any atom is -0.357 e. The maximum atomic E-state index is 13.4. The Kier molecular flexibility index (Phi) is 5.08. The number of hydrogen-bond acceptors (Lipinski definition) is 4. The second-order valence-corrected chi connectivity index (χ2v) is 7.23. The van der Waals surface area contributed by atoms with Crippen molar-refractivity contribution in [3.8, 4) is 11.1 Å². The molecule has 28 heavy (non-hydrogen) atoms. The smallest absolute Gasteiger partial charge is 0.234 e. The molecule has 0 unspecified atom stereocenters. The second-order valence-electron chi connectivity index (χ2n) is 6.27. The number of rotatable bonds is 5. The highest BCUT2D eigenvalue weighted by Gasteiger charge is 2.14. The fraction of sp³-hybridized carbons (Fsp3) is 0.0952. The van der Waals surface area contributed by atoms with Crippen molar-refractivity contribution >= 4 is 34.4 Å². The summed E-state index contributed by atoms with van der Waals surface area (Å²) in [6, 6.07) is 14.3. The zero-order valence-corrected chi connectivity index (χ0v) is 15.9. The number of nitrogens with zero attached hydrogens (tertiary/aromatic N) is 2. The third kappa shape index (κ3) is 3.75. The molecule has 0 spiro atoms. The van der Waals surface area contributed by atoms with E-state index in [1.807, 2.05) is 43.5 Å². The summed E-state index contributed by atoms with van der Waals surface area (Å²) in [7, 11) is 0. The third-order valence-corrected chi connectivity index (χ3v) is 5.32. The number of H-pyrrole nitrogens is 1. The number of hydrogen-bond donors (Lipinski definition) is 2. The number of anilines is 1. The zero-order chi connectivity index (χ0) is 19.5. The van der Waals surface area contributed by atoms with Crippen LogP contribution in [0.5, 0.6) is 0 Å². The van der Waals surface area contributed by atoms with Crippen LogP contribution in [0.1, 0.15) is 5.56 Å². The van der Waals surface area contributed by atoms with Crippen molar-refractivity contribution in [2.24, 2.45) is 0 Å². The predicted octanol–water partition coefficient (Wildman–Crippen LogP) is 4.80. The molecule has 0 atom stereocenters. The van der Waals surface area contributed by atoms with E-state index < -0.39 is 0 Å². The predicted molar refractivity (Wildman–Crippen MR) is 110 cm³/mol. The summed E-state index contributed by atoms with van der Waals surface area (Å²) in [5, 5.41) is 3.44. The lowest BCUT2D eigenvalue weighted by Crippen LogP contribution is -2.15. The molecule has 5 nitrogen and oxygen atoms in total. The Hall–Kier alpha value is -3.19. The summed E-state index contributed by atoms with van der Waals surface area (Å²) >= 11 is 1.31. The van der Waals surface area contributed by atoms with Crippen LogP contribution in [-0.4, -0.2) is 26.6 Å². The van der Waals surface area contributed by atoms with Gasteiger partial charge in [0.1, 0.15) is 22.7 Å². The molecule has 2 N–H and O–H groups in total. The molecule has 0 aliphatic rings. The fourth-order valence-corrected chi connectivity index (χ4v) is 3.67. The van der Waals surface area contributed by atoms with Crippen LogP contribution < -0.4 is 5.32 Å². The van der Waals surface area contributed by atoms with E-state index in [9.17, 15) is 9.18 Å². The van der Waals surface area contributed by atoms with Gasteiger partial charge >= 0.3 is 0 Å². The maximum Gasteiger partial charge on any atom is 0.234 e. The van der Waals surface area contributed by atoms with Crippen LogP contribution >= 0.6 is 11.8 Å². The Morgan fingerprint density at radius 2 is 2.00 bits per heavy atom. The van der Waals surface area contributed by atoms with Crippen molar-refractivity contribution < 1.29 is 9.18 Å². The first-order chi connectivity index (χ1) is 13.6. The van der Waals surface area contributed by atoms with Crippen LogP contribution in [0.3, 0.4) is 0 Å². The number of amides is 1. The molecule has 0 saturated heterocycles. The average molecular weight is 392 g/mol. The number of fused-ring (bicyclic) bond motifs is 1. The van der Waals surface area contributed by atoms with Crippen molar-refractivity contribution in [1.82, 2.24) is 15.0 Å². The number of aryl methyl sites for hydroxylation is 1. The highest BCUT2D eigenvalue weighted by molar-refractivity contribution is 8.00. The lowest BCUT2D eigenvalue weighted by atomic mass is 10.1. The van der Waals surface area contributed by atoms with Crippen molar-refractivity contribution in [2.75, 3.05) is 11.1 Å². The number of halogens is 1. The number of carbonyl (C=O) groups is 1. The summed E-state index contributed by atoms with van der Waals surface area (Å²) in [6.45, 7) is 1.82. The van der Waals surface area contributed by atoms with Crippen LogP contribution in [0.25, 0.3) is 22.2 Å². The van der Waals surface area contributed by atoms with E-state index >= 15 is 0 Å². The Balaban J connectivity index is 1.52. The van der Waals surface area contributed by atoms with Gasteiger partial charge in [-0.15, -0.1) is 0 Å². The van der Waals surface area contributed by atoms with Gasteiger partial charge in [-0.3, -0.25) is 4.79 Å². The number of aromatic nitrogens is 3. The van der Waals surface area contributed by atoms with Crippen LogP contribution in [0, 0.1) is 12.7 Å². The van der Waals surface area contributed by atoms with Crippen molar-refractivity contribution in [3.05, 3.63) is 72.4 Å². The molecule has 2 aromatic carbocycles. The summed E-state index contributed by atoms with van der Waals surface area (Å²) < 4.78 is 13.4. The van der Waals surface area contributed by atoms with E-state index in [1.165, 1.54) is 30.2 Å². The Morgan fingerprint density at radius 1 is 1.18 bits per heavy atom. The highest BCUT2D eigenvalue weighted by Crippen LogP contribution is 2.31. The van der Waals surface area contributed by atoms with Gasteiger partial charge in [-0.05, 0) is 30.2 Å². The van der Waals surface area contributed by atoms with E-state index in [1.54, 1.807) is 6.07 Å². The second kappa shape index (κ2) is 7.82. The zero-order valence-electron chi connectivity index (χ0n) is 15.1. The van der Waals surface area contributed by atoms with Gasteiger partial charge in [0.2, 0.25) is 5.91 Å². The van der Waals surface area contributed by atoms with Gasteiger partial charge in [0.05, 0.1) is 11.3 Å². The Labute approximate surface area is 165 Å². The van der Waals surface area contributed by atoms with Crippen LogP contribution in [0.15, 0.2) is 66.1 Å². The van der Waals surface area contributed by atoms with E-state index in [0.717, 1.165) is 27.7 Å². The lowest BCUT2D eigenvalue weighted by Gasteiger charge is -2.08. The summed E-state index contributed by atoms with van der Waals surface area (Å²) in [5.74, 6) is -0.451. The molecule has 0 aliphatic heterocycles. The minimum atomic E-state index is -0.383. The molecule has 7 heteroatoms. The molecule has 140 valence electrons. The van der Waals surface area contributed by atoms with Crippen molar-refractivity contribution in [3.63, 3.8) is 0 Å². The molecule has 1 amide bonds. The molecule has 4 aromatic rings. The van der Waals surface area contributed by atoms with Gasteiger partial charge in [0, 0.05) is 17.4 Å². The first-order valence-electron chi connectivity index (χ1n) is 8.68. The van der Waals surface area contributed by atoms with Crippen LogP contribution in [0.4, 0.5) is 10.1 Å². The quantitative estimate of drug-likeness (QED) is 0.378. The van der Waals surface area contributed by atoms with Gasteiger partial charge in [-0.1, -0.05) is 48.2 Å². The number of aromatic amines is 1. The summed E-state index contributed by atoms with van der Waals surface area (Å²) in [6.07, 6.45) is 3.40. The molecular formula is C21H17FN4OS. The molecule has 0 fully saturated rings. The first-order valence-corrected chi connectivity index (χ1v) is 9.66. The SMILES string of the molecule is Cc1ccc(F)cc1NC(=O)CSc1ncnc2c(-c3ccccc3)c[nH]c12. The third-order valence-electron chi connectivity index (χ3n) is 4.33. The standard InChI is InChI=1S/C21H17FN4OS/c1-13-7-8-15(22)9-17(13)26-18(27)11-28-21-20-19(24-12-25-21)16(10-23-20)14-5-3-2-4-6-14/h2-10,12,23H,11H2,1H3,(H,26,27). The number of thioether (sulfide) groups is 1. The normalized spacial score (nSPS) is 10.9. The topological polar surface area (TPSA) is 70.7 Å². The summed E-state index contributed by atoms with van der Waals surface area (Å²) in [4.78, 5) is 24.2. The molecule has 0 bridgehead atoms. The maximum absolute atomic E-state index is 13.4. The van der Waals surface area contributed by atoms with Crippen molar-refractivity contribution in [1.29, 1.82) is 0 Å². The van der Waals surface area contributed by atoms with Gasteiger partial charge in [0.15, 0.2) is 0 Å². The number of carbonyl (C=O) groups excluding carboxylic acids is 1. The fourth-order valence-electron chi connectivity index (χ4n) is 2.91. The number of nitrogens with one attached hydrogen (secondary N) is 2. The molecular weight excluding hydrogens is 375 g/mol. The van der Waals surface area contributed by atoms with Crippen LogP contribution in [-0.2, 0) is 4.79 Å². The number of benzene rings is 2. The highest BCUT2D eigenvalue weighted by atomic mass is 32.2. The van der Waals surface area contributed by atoms with Gasteiger partial charge in [0.25, 0.3) is 0 Å². The van der Waals surface area contributed by atoms with Gasteiger partial charge in [-0.2, -0.15) is 0 Å². The molecule has 2 aromatic heterocycles. The molecule has 4 rings (SSSR count). The molecule has 2 heterocycles. The van der Waals surface area contributed by atoms with Gasteiger partial charge < -0.3 is 10.3 Å². The van der Waals surface area contributed by atoms with E-state index in [-0.39, 0.29) is 17.5 Å². The monoisotopic (exact) mass is 392 g/mol. The first kappa shape index (κ1) is 18.2. The van der Waals surface area contributed by atoms with E-state index in [4.69, 9.17) is 0 Å². The van der Waals surface area contributed by atoms with Crippen molar-refractivity contribution in [2.45, 2.75) is 11.9 Å². The average Bonchev–Trinajstić information content (AvgIpc) is 3.14. The molecule has 0 saturated carbocycles. The Bertz CT molecular complexity index is 1140. The van der Waals surface area contributed by atoms with Crippen LogP contribution in [0.2, 0.25) is 0 Å². The Morgan fingerprint density at radius 3 is 2.82 bits per heavy atom. The summed E-state index contributed by atoms with van der Waals surface area (Å²) in [5.41, 5.74) is 4.93.